The third kappa shape index (κ3) is 2.68. The van der Waals surface area contributed by atoms with Gasteiger partial charge in [-0.1, -0.05) is 0 Å². The molecular formula is C13H16FN3O. The Morgan fingerprint density at radius 1 is 1.44 bits per heavy atom. The average molecular weight is 249 g/mol. The Morgan fingerprint density at radius 3 is 2.94 bits per heavy atom. The second-order valence-electron chi connectivity index (χ2n) is 4.42. The van der Waals surface area contributed by atoms with Gasteiger partial charge in [0.05, 0.1) is 12.1 Å². The quantitative estimate of drug-likeness (QED) is 0.814. The highest BCUT2D eigenvalue weighted by Gasteiger charge is 2.09. The lowest BCUT2D eigenvalue weighted by atomic mass is 10.2. The molecular weight excluding hydrogens is 233 g/mol. The Kier molecular flexibility index (Phi) is 3.62. The fraction of sp³-hybridized carbons (Fsp3) is 0.308. The highest BCUT2D eigenvalue weighted by molar-refractivity contribution is 6.01. The molecule has 0 aliphatic rings. The maximum atomic E-state index is 13.2. The van der Waals surface area contributed by atoms with Gasteiger partial charge >= 0.3 is 0 Å². The molecule has 0 bridgehead atoms. The van der Waals surface area contributed by atoms with Crippen LogP contribution in [-0.4, -0.2) is 48.4 Å². The Balaban J connectivity index is 2.26. The highest BCUT2D eigenvalue weighted by Crippen LogP contribution is 2.26. The summed E-state index contributed by atoms with van der Waals surface area (Å²) in [5, 5.41) is 10.4. The number of H-pyrrole nitrogens is 1. The van der Waals surface area contributed by atoms with Gasteiger partial charge in [-0.2, -0.15) is 0 Å². The molecule has 0 aliphatic heterocycles. The minimum absolute atomic E-state index is 0.0178. The van der Waals surface area contributed by atoms with Crippen LogP contribution in [0.4, 0.5) is 4.39 Å². The van der Waals surface area contributed by atoms with Crippen molar-refractivity contribution in [1.82, 2.24) is 9.88 Å². The van der Waals surface area contributed by atoms with Crippen LogP contribution in [0.1, 0.15) is 5.56 Å². The van der Waals surface area contributed by atoms with Gasteiger partial charge in [0.1, 0.15) is 5.82 Å². The molecule has 0 fully saturated rings. The first-order valence-electron chi connectivity index (χ1n) is 5.72. The molecule has 0 spiro atoms. The molecule has 0 amide bonds. The Morgan fingerprint density at radius 2 is 2.22 bits per heavy atom. The second kappa shape index (κ2) is 5.18. The number of aromatic nitrogens is 1. The van der Waals surface area contributed by atoms with Gasteiger partial charge in [-0.15, -0.1) is 0 Å². The Bertz CT molecular complexity index is 575. The number of hydrogen-bond donors (Lipinski definition) is 2. The van der Waals surface area contributed by atoms with Crippen molar-refractivity contribution in [3.63, 3.8) is 0 Å². The minimum Gasteiger partial charge on any atom is -0.494 e. The zero-order chi connectivity index (χ0) is 13.1. The maximum Gasteiger partial charge on any atom is 0.198 e. The molecule has 1 aromatic carbocycles. The van der Waals surface area contributed by atoms with Crippen LogP contribution in [0.25, 0.3) is 10.9 Å². The number of aliphatic imine (C=N–C) groups is 1. The molecule has 0 aliphatic carbocycles. The van der Waals surface area contributed by atoms with Crippen LogP contribution < -0.4 is 0 Å². The first kappa shape index (κ1) is 12.6. The summed E-state index contributed by atoms with van der Waals surface area (Å²) >= 11 is 0. The molecule has 1 heterocycles. The van der Waals surface area contributed by atoms with Gasteiger partial charge < -0.3 is 15.0 Å². The summed E-state index contributed by atoms with van der Waals surface area (Å²) < 4.78 is 13.2. The van der Waals surface area contributed by atoms with Crippen LogP contribution in [0.5, 0.6) is 5.88 Å². The van der Waals surface area contributed by atoms with Crippen molar-refractivity contribution in [2.24, 2.45) is 4.99 Å². The predicted octanol–water partition coefficient (Wildman–Crippen LogP) is 1.99. The monoisotopic (exact) mass is 249 g/mol. The minimum atomic E-state index is -0.329. The van der Waals surface area contributed by atoms with E-state index in [0.29, 0.717) is 23.0 Å². The van der Waals surface area contributed by atoms with Crippen LogP contribution in [0.2, 0.25) is 0 Å². The largest absolute Gasteiger partial charge is 0.494 e. The molecule has 0 unspecified atom stereocenters. The topological polar surface area (TPSA) is 51.6 Å². The van der Waals surface area contributed by atoms with Crippen LogP contribution in [-0.2, 0) is 0 Å². The van der Waals surface area contributed by atoms with Crippen molar-refractivity contribution in [2.75, 3.05) is 27.2 Å². The molecule has 2 N–H and O–H groups in total. The summed E-state index contributed by atoms with van der Waals surface area (Å²) in [6.07, 6.45) is 1.58. The summed E-state index contributed by atoms with van der Waals surface area (Å²) in [5.74, 6) is -0.311. The number of nitrogens with zero attached hydrogens (tertiary/aromatic N) is 2. The zero-order valence-corrected chi connectivity index (χ0v) is 10.4. The highest BCUT2D eigenvalue weighted by atomic mass is 19.1. The van der Waals surface area contributed by atoms with E-state index < -0.39 is 0 Å². The zero-order valence-electron chi connectivity index (χ0n) is 10.4. The number of aromatic amines is 1. The van der Waals surface area contributed by atoms with Gasteiger partial charge in [0, 0.05) is 23.7 Å². The van der Waals surface area contributed by atoms with E-state index in [2.05, 4.69) is 9.98 Å². The van der Waals surface area contributed by atoms with Gasteiger partial charge in [-0.3, -0.25) is 4.99 Å². The van der Waals surface area contributed by atoms with Crippen molar-refractivity contribution in [3.05, 3.63) is 29.6 Å². The van der Waals surface area contributed by atoms with Gasteiger partial charge in [0.25, 0.3) is 0 Å². The molecule has 0 radical (unpaired) electrons. The molecule has 0 atom stereocenters. The van der Waals surface area contributed by atoms with E-state index in [1.165, 1.54) is 12.1 Å². The first-order chi connectivity index (χ1) is 8.58. The third-order valence-electron chi connectivity index (χ3n) is 2.68. The molecule has 4 nitrogen and oxygen atoms in total. The summed E-state index contributed by atoms with van der Waals surface area (Å²) in [7, 11) is 3.93. The number of hydrogen-bond acceptors (Lipinski definition) is 3. The third-order valence-corrected chi connectivity index (χ3v) is 2.68. The first-order valence-corrected chi connectivity index (χ1v) is 5.72. The van der Waals surface area contributed by atoms with Crippen molar-refractivity contribution in [1.29, 1.82) is 0 Å². The van der Waals surface area contributed by atoms with Crippen molar-refractivity contribution in [3.8, 4) is 5.88 Å². The van der Waals surface area contributed by atoms with Crippen LogP contribution in [0, 0.1) is 5.82 Å². The number of fused-ring (bicyclic) bond motifs is 1. The lowest BCUT2D eigenvalue weighted by Gasteiger charge is -2.05. The smallest absolute Gasteiger partial charge is 0.198 e. The van der Waals surface area contributed by atoms with E-state index in [0.717, 1.165) is 6.54 Å². The number of halogens is 1. The number of likely N-dealkylation sites (N-methyl/N-ethyl adjacent to an activating group) is 1. The number of benzene rings is 1. The summed E-state index contributed by atoms with van der Waals surface area (Å²) in [6, 6.07) is 4.34. The van der Waals surface area contributed by atoms with Gasteiger partial charge in [-0.05, 0) is 32.3 Å². The SMILES string of the molecule is CN(C)CCN=Cc1c(O)[nH]c2ccc(F)cc12. The van der Waals surface area contributed by atoms with E-state index in [1.807, 2.05) is 19.0 Å². The van der Waals surface area contributed by atoms with E-state index in [-0.39, 0.29) is 11.7 Å². The summed E-state index contributed by atoms with van der Waals surface area (Å²) in [4.78, 5) is 9.04. The molecule has 1 aromatic heterocycles. The van der Waals surface area contributed by atoms with Crippen LogP contribution in [0.3, 0.4) is 0 Å². The Hall–Kier alpha value is -1.88. The molecule has 18 heavy (non-hydrogen) atoms. The van der Waals surface area contributed by atoms with Crippen LogP contribution in [0.15, 0.2) is 23.2 Å². The second-order valence-corrected chi connectivity index (χ2v) is 4.42. The van der Waals surface area contributed by atoms with Crippen molar-refractivity contribution < 1.29 is 9.50 Å². The molecule has 2 rings (SSSR count). The predicted molar refractivity (Wildman–Crippen MR) is 70.9 cm³/mol. The molecule has 5 heteroatoms. The van der Waals surface area contributed by atoms with Crippen molar-refractivity contribution >= 4 is 17.1 Å². The van der Waals surface area contributed by atoms with E-state index >= 15 is 0 Å². The number of aromatic hydroxyl groups is 1. The van der Waals surface area contributed by atoms with E-state index in [1.54, 1.807) is 12.3 Å². The van der Waals surface area contributed by atoms with Gasteiger partial charge in [0.15, 0.2) is 5.88 Å². The number of nitrogens with one attached hydrogen (secondary N) is 1. The van der Waals surface area contributed by atoms with Crippen molar-refractivity contribution in [2.45, 2.75) is 0 Å². The fourth-order valence-electron chi connectivity index (χ4n) is 1.72. The maximum absolute atomic E-state index is 13.2. The fourth-order valence-corrected chi connectivity index (χ4v) is 1.72. The molecule has 0 saturated carbocycles. The molecule has 0 saturated heterocycles. The lowest BCUT2D eigenvalue weighted by Crippen LogP contribution is -2.15. The Labute approximate surface area is 105 Å². The molecule has 2 aromatic rings. The van der Waals surface area contributed by atoms with Gasteiger partial charge in [0.2, 0.25) is 0 Å². The number of rotatable bonds is 4. The standard InChI is InChI=1S/C13H16FN3O/c1-17(2)6-5-15-8-11-10-7-9(14)3-4-12(10)16-13(11)18/h3-4,7-8,16,18H,5-6H2,1-2H3. The van der Waals surface area contributed by atoms with E-state index in [9.17, 15) is 9.50 Å². The lowest BCUT2D eigenvalue weighted by molar-refractivity contribution is 0.421. The average Bonchev–Trinajstić information content (AvgIpc) is 2.60. The van der Waals surface area contributed by atoms with E-state index in [4.69, 9.17) is 0 Å². The molecule has 96 valence electrons. The summed E-state index contributed by atoms with van der Waals surface area (Å²) in [5.41, 5.74) is 1.23. The van der Waals surface area contributed by atoms with Gasteiger partial charge in [-0.25, -0.2) is 4.39 Å². The normalized spacial score (nSPS) is 12.0. The summed E-state index contributed by atoms with van der Waals surface area (Å²) in [6.45, 7) is 1.46. The van der Waals surface area contributed by atoms with Crippen LogP contribution >= 0.6 is 0 Å².